The van der Waals surface area contributed by atoms with Crippen molar-refractivity contribution in [1.29, 1.82) is 0 Å². The van der Waals surface area contributed by atoms with Crippen LogP contribution in [0.15, 0.2) is 49.1 Å². The van der Waals surface area contributed by atoms with Gasteiger partial charge < -0.3 is 5.32 Å². The molecule has 1 heterocycles. The zero-order valence-electron chi connectivity index (χ0n) is 15.2. The van der Waals surface area contributed by atoms with Gasteiger partial charge in [0.05, 0.1) is 17.9 Å². The molecule has 0 saturated heterocycles. The Kier molecular flexibility index (Phi) is 5.98. The monoisotopic (exact) mass is 421 g/mol. The summed E-state index contributed by atoms with van der Waals surface area (Å²) in [6.45, 7) is 3.73. The fourth-order valence-electron chi connectivity index (χ4n) is 2.73. The number of nitrogens with one attached hydrogen (secondary N) is 2. The predicted octanol–water partition coefficient (Wildman–Crippen LogP) is 4.18. The van der Waals surface area contributed by atoms with Crippen LogP contribution < -0.4 is 10.6 Å². The SMILES string of the molecule is CC(C)(NCC(=O)Nc1cc(Cl)ccc1-n1cncn1)c1ccc(F)cc1Cl. The van der Waals surface area contributed by atoms with E-state index in [1.54, 1.807) is 24.3 Å². The number of amides is 1. The van der Waals surface area contributed by atoms with Crippen molar-refractivity contribution in [3.8, 4) is 5.69 Å². The molecular weight excluding hydrogens is 404 g/mol. The normalized spacial score (nSPS) is 11.5. The Morgan fingerprint density at radius 3 is 2.68 bits per heavy atom. The molecule has 0 bridgehead atoms. The lowest BCUT2D eigenvalue weighted by Crippen LogP contribution is -2.41. The topological polar surface area (TPSA) is 71.8 Å². The molecule has 0 aliphatic rings. The van der Waals surface area contributed by atoms with E-state index in [1.165, 1.54) is 29.5 Å². The van der Waals surface area contributed by atoms with Crippen LogP contribution in [-0.4, -0.2) is 27.2 Å². The molecule has 3 aromatic rings. The van der Waals surface area contributed by atoms with E-state index in [0.29, 0.717) is 27.0 Å². The van der Waals surface area contributed by atoms with Gasteiger partial charge in [-0.1, -0.05) is 29.3 Å². The molecule has 146 valence electrons. The molecule has 0 aliphatic heterocycles. The van der Waals surface area contributed by atoms with Crippen molar-refractivity contribution in [2.45, 2.75) is 19.4 Å². The second-order valence-electron chi connectivity index (χ2n) is 6.65. The Morgan fingerprint density at radius 2 is 2.00 bits per heavy atom. The van der Waals surface area contributed by atoms with Gasteiger partial charge in [0.1, 0.15) is 18.5 Å². The van der Waals surface area contributed by atoms with E-state index in [-0.39, 0.29) is 12.5 Å². The van der Waals surface area contributed by atoms with Crippen molar-refractivity contribution in [3.05, 3.63) is 70.5 Å². The van der Waals surface area contributed by atoms with E-state index in [9.17, 15) is 9.18 Å². The van der Waals surface area contributed by atoms with Gasteiger partial charge in [-0.05, 0) is 49.7 Å². The molecular formula is C19H18Cl2FN5O. The standard InChI is InChI=1S/C19H18Cl2FN5O/c1-19(2,14-5-4-13(22)8-15(14)21)24-9-18(28)26-16-7-12(20)3-6-17(16)27-11-23-10-25-27/h3-8,10-11,24H,9H2,1-2H3,(H,26,28). The van der Waals surface area contributed by atoms with Crippen LogP contribution in [0, 0.1) is 5.82 Å². The van der Waals surface area contributed by atoms with Crippen molar-refractivity contribution in [1.82, 2.24) is 20.1 Å². The van der Waals surface area contributed by atoms with Gasteiger partial charge in [0.25, 0.3) is 0 Å². The maximum atomic E-state index is 13.3. The summed E-state index contributed by atoms with van der Waals surface area (Å²) in [5, 5.41) is 10.8. The van der Waals surface area contributed by atoms with Crippen LogP contribution in [0.4, 0.5) is 10.1 Å². The summed E-state index contributed by atoms with van der Waals surface area (Å²) in [6, 6.07) is 9.26. The summed E-state index contributed by atoms with van der Waals surface area (Å²) in [5.74, 6) is -0.696. The van der Waals surface area contributed by atoms with Gasteiger partial charge in [0.15, 0.2) is 0 Å². The minimum Gasteiger partial charge on any atom is -0.323 e. The Labute approximate surface area is 171 Å². The first-order valence-corrected chi connectivity index (χ1v) is 9.17. The van der Waals surface area contributed by atoms with Crippen molar-refractivity contribution in [2.75, 3.05) is 11.9 Å². The third-order valence-corrected chi connectivity index (χ3v) is 4.74. The molecule has 0 atom stereocenters. The number of halogens is 3. The van der Waals surface area contributed by atoms with Gasteiger partial charge in [-0.2, -0.15) is 5.10 Å². The first-order chi connectivity index (χ1) is 13.3. The molecule has 3 rings (SSSR count). The van der Waals surface area contributed by atoms with Crippen molar-refractivity contribution >= 4 is 34.8 Å². The molecule has 9 heteroatoms. The lowest BCUT2D eigenvalue weighted by molar-refractivity contribution is -0.115. The second-order valence-corrected chi connectivity index (χ2v) is 7.50. The Morgan fingerprint density at radius 1 is 1.21 bits per heavy atom. The summed E-state index contributed by atoms with van der Waals surface area (Å²) in [4.78, 5) is 16.4. The number of hydrogen-bond acceptors (Lipinski definition) is 4. The molecule has 6 nitrogen and oxygen atoms in total. The number of nitrogens with zero attached hydrogens (tertiary/aromatic N) is 3. The molecule has 1 amide bonds. The smallest absolute Gasteiger partial charge is 0.238 e. The third kappa shape index (κ3) is 4.67. The largest absolute Gasteiger partial charge is 0.323 e. The molecule has 1 aromatic heterocycles. The number of carbonyl (C=O) groups is 1. The van der Waals surface area contributed by atoms with Crippen LogP contribution in [0.3, 0.4) is 0 Å². The van der Waals surface area contributed by atoms with Gasteiger partial charge in [0, 0.05) is 15.6 Å². The molecule has 28 heavy (non-hydrogen) atoms. The molecule has 0 unspecified atom stereocenters. The predicted molar refractivity (Wildman–Crippen MR) is 107 cm³/mol. The summed E-state index contributed by atoms with van der Waals surface area (Å²) >= 11 is 12.2. The number of benzene rings is 2. The molecule has 0 saturated carbocycles. The highest BCUT2D eigenvalue weighted by atomic mass is 35.5. The van der Waals surface area contributed by atoms with E-state index in [0.717, 1.165) is 0 Å². The Bertz CT molecular complexity index is 992. The highest BCUT2D eigenvalue weighted by Gasteiger charge is 2.24. The van der Waals surface area contributed by atoms with Crippen molar-refractivity contribution in [2.24, 2.45) is 0 Å². The summed E-state index contributed by atoms with van der Waals surface area (Å²) in [7, 11) is 0. The minimum absolute atomic E-state index is 0.00398. The van der Waals surface area contributed by atoms with Gasteiger partial charge in [-0.25, -0.2) is 14.1 Å². The summed E-state index contributed by atoms with van der Waals surface area (Å²) in [5.41, 5.74) is 1.18. The second kappa shape index (κ2) is 8.26. The van der Waals surface area contributed by atoms with Gasteiger partial charge in [-0.15, -0.1) is 0 Å². The first-order valence-electron chi connectivity index (χ1n) is 8.41. The highest BCUT2D eigenvalue weighted by Crippen LogP contribution is 2.28. The lowest BCUT2D eigenvalue weighted by atomic mass is 9.94. The number of carbonyl (C=O) groups excluding carboxylic acids is 1. The fourth-order valence-corrected chi connectivity index (χ4v) is 3.30. The number of rotatable bonds is 6. The fraction of sp³-hybridized carbons (Fsp3) is 0.211. The summed E-state index contributed by atoms with van der Waals surface area (Å²) in [6.07, 6.45) is 2.92. The Hall–Kier alpha value is -2.48. The molecule has 0 spiro atoms. The number of anilines is 1. The number of hydrogen-bond donors (Lipinski definition) is 2. The quantitative estimate of drug-likeness (QED) is 0.626. The van der Waals surface area contributed by atoms with Crippen LogP contribution in [0.1, 0.15) is 19.4 Å². The minimum atomic E-state index is -0.648. The molecule has 0 radical (unpaired) electrons. The number of aromatic nitrogens is 3. The average molecular weight is 422 g/mol. The van der Waals surface area contributed by atoms with Gasteiger partial charge >= 0.3 is 0 Å². The van der Waals surface area contributed by atoms with Crippen LogP contribution in [-0.2, 0) is 10.3 Å². The molecule has 0 fully saturated rings. The van der Waals surface area contributed by atoms with Crippen LogP contribution >= 0.6 is 23.2 Å². The highest BCUT2D eigenvalue weighted by molar-refractivity contribution is 6.31. The zero-order valence-corrected chi connectivity index (χ0v) is 16.7. The van der Waals surface area contributed by atoms with Crippen LogP contribution in [0.5, 0.6) is 0 Å². The van der Waals surface area contributed by atoms with E-state index in [2.05, 4.69) is 20.7 Å². The van der Waals surface area contributed by atoms with E-state index in [4.69, 9.17) is 23.2 Å². The van der Waals surface area contributed by atoms with Gasteiger partial charge in [0.2, 0.25) is 5.91 Å². The maximum absolute atomic E-state index is 13.3. The zero-order chi connectivity index (χ0) is 20.3. The van der Waals surface area contributed by atoms with Crippen LogP contribution in [0.25, 0.3) is 5.69 Å². The first kappa shape index (κ1) is 20.3. The lowest BCUT2D eigenvalue weighted by Gasteiger charge is -2.28. The average Bonchev–Trinajstić information content (AvgIpc) is 3.14. The third-order valence-electron chi connectivity index (χ3n) is 4.19. The molecule has 2 N–H and O–H groups in total. The van der Waals surface area contributed by atoms with E-state index >= 15 is 0 Å². The van der Waals surface area contributed by atoms with E-state index < -0.39 is 11.4 Å². The maximum Gasteiger partial charge on any atom is 0.238 e. The van der Waals surface area contributed by atoms with Gasteiger partial charge in [-0.3, -0.25) is 10.1 Å². The van der Waals surface area contributed by atoms with Crippen molar-refractivity contribution < 1.29 is 9.18 Å². The van der Waals surface area contributed by atoms with Crippen LogP contribution in [0.2, 0.25) is 10.0 Å². The molecule has 2 aromatic carbocycles. The summed E-state index contributed by atoms with van der Waals surface area (Å²) < 4.78 is 14.8. The Balaban J connectivity index is 1.72. The van der Waals surface area contributed by atoms with Crippen molar-refractivity contribution in [3.63, 3.8) is 0 Å². The molecule has 0 aliphatic carbocycles. The van der Waals surface area contributed by atoms with E-state index in [1.807, 2.05) is 13.8 Å².